The van der Waals surface area contributed by atoms with E-state index in [1.807, 2.05) is 0 Å². The molecule has 0 aromatic rings. The molecular weight excluding hydrogens is 220 g/mol. The first kappa shape index (κ1) is 14.3. The van der Waals surface area contributed by atoms with Gasteiger partial charge in [0.25, 0.3) is 0 Å². The van der Waals surface area contributed by atoms with E-state index >= 15 is 0 Å². The molecule has 1 aliphatic carbocycles. The molecule has 1 saturated carbocycles. The van der Waals surface area contributed by atoms with E-state index in [4.69, 9.17) is 0 Å². The number of nitrogens with zero attached hydrogens (tertiary/aromatic N) is 1. The van der Waals surface area contributed by atoms with Gasteiger partial charge in [-0.15, -0.1) is 0 Å². The van der Waals surface area contributed by atoms with E-state index in [0.717, 1.165) is 17.9 Å². The molecule has 2 fully saturated rings. The Morgan fingerprint density at radius 2 is 1.89 bits per heavy atom. The fourth-order valence-electron chi connectivity index (χ4n) is 3.41. The molecule has 1 N–H and O–H groups in total. The van der Waals surface area contributed by atoms with E-state index in [9.17, 15) is 0 Å². The van der Waals surface area contributed by atoms with Crippen molar-refractivity contribution >= 4 is 0 Å². The Bertz CT molecular complexity index is 268. The third kappa shape index (κ3) is 2.91. The molecule has 106 valence electrons. The minimum absolute atomic E-state index is 0.659. The van der Waals surface area contributed by atoms with Crippen LogP contribution in [0, 0.1) is 17.3 Å². The monoisotopic (exact) mass is 252 g/mol. The number of hydrogen-bond acceptors (Lipinski definition) is 2. The topological polar surface area (TPSA) is 15.3 Å². The van der Waals surface area contributed by atoms with Crippen molar-refractivity contribution in [3.05, 3.63) is 0 Å². The highest BCUT2D eigenvalue weighted by Gasteiger charge is 2.47. The summed E-state index contributed by atoms with van der Waals surface area (Å²) in [4.78, 5) is 2.80. The molecule has 0 radical (unpaired) electrons. The third-order valence-electron chi connectivity index (χ3n) is 5.47. The SMILES string of the molecule is CCC1CNC(C(C)C)CN1CC1(C(C)C)CC1. The lowest BCUT2D eigenvalue weighted by Gasteiger charge is -2.44. The summed E-state index contributed by atoms with van der Waals surface area (Å²) in [5, 5.41) is 3.74. The van der Waals surface area contributed by atoms with Gasteiger partial charge in [-0.05, 0) is 36.5 Å². The summed E-state index contributed by atoms with van der Waals surface area (Å²) in [7, 11) is 0. The van der Waals surface area contributed by atoms with Gasteiger partial charge >= 0.3 is 0 Å². The fourth-order valence-corrected chi connectivity index (χ4v) is 3.41. The van der Waals surface area contributed by atoms with Crippen molar-refractivity contribution < 1.29 is 0 Å². The maximum absolute atomic E-state index is 3.74. The average molecular weight is 252 g/mol. The first-order valence-electron chi connectivity index (χ1n) is 7.96. The van der Waals surface area contributed by atoms with E-state index in [-0.39, 0.29) is 0 Å². The molecule has 2 aliphatic rings. The van der Waals surface area contributed by atoms with Gasteiger partial charge < -0.3 is 5.32 Å². The zero-order valence-corrected chi connectivity index (χ0v) is 13.0. The lowest BCUT2D eigenvalue weighted by atomic mass is 9.89. The number of nitrogens with one attached hydrogen (secondary N) is 1. The summed E-state index contributed by atoms with van der Waals surface area (Å²) in [5.41, 5.74) is 0.659. The maximum atomic E-state index is 3.74. The Morgan fingerprint density at radius 3 is 2.33 bits per heavy atom. The van der Waals surface area contributed by atoms with E-state index in [1.165, 1.54) is 38.9 Å². The van der Waals surface area contributed by atoms with Crippen LogP contribution in [0.25, 0.3) is 0 Å². The van der Waals surface area contributed by atoms with E-state index < -0.39 is 0 Å². The Morgan fingerprint density at radius 1 is 1.22 bits per heavy atom. The smallest absolute Gasteiger partial charge is 0.0219 e. The van der Waals surface area contributed by atoms with Crippen molar-refractivity contribution in [3.63, 3.8) is 0 Å². The summed E-state index contributed by atoms with van der Waals surface area (Å²) in [6, 6.07) is 1.45. The highest BCUT2D eigenvalue weighted by Crippen LogP contribution is 2.52. The van der Waals surface area contributed by atoms with Gasteiger partial charge in [0.05, 0.1) is 0 Å². The largest absolute Gasteiger partial charge is 0.311 e. The van der Waals surface area contributed by atoms with Gasteiger partial charge in [0.2, 0.25) is 0 Å². The van der Waals surface area contributed by atoms with Gasteiger partial charge in [-0.2, -0.15) is 0 Å². The third-order valence-corrected chi connectivity index (χ3v) is 5.47. The van der Waals surface area contributed by atoms with Gasteiger partial charge in [0, 0.05) is 31.7 Å². The quantitative estimate of drug-likeness (QED) is 0.809. The van der Waals surface area contributed by atoms with Crippen molar-refractivity contribution in [2.24, 2.45) is 17.3 Å². The maximum Gasteiger partial charge on any atom is 0.0219 e. The standard InChI is InChI=1S/C16H32N2/c1-6-14-9-17-15(12(2)3)10-18(14)11-16(7-8-16)13(4)5/h12-15,17H,6-11H2,1-5H3. The van der Waals surface area contributed by atoms with E-state index in [2.05, 4.69) is 44.8 Å². The molecule has 0 aromatic carbocycles. The van der Waals surface area contributed by atoms with Crippen molar-refractivity contribution in [2.75, 3.05) is 19.6 Å². The van der Waals surface area contributed by atoms with Crippen LogP contribution >= 0.6 is 0 Å². The molecule has 1 saturated heterocycles. The van der Waals surface area contributed by atoms with Crippen molar-refractivity contribution in [3.8, 4) is 0 Å². The Labute approximate surface area is 114 Å². The molecular formula is C16H32N2. The number of piperazine rings is 1. The van der Waals surface area contributed by atoms with Crippen LogP contribution in [0.1, 0.15) is 53.9 Å². The van der Waals surface area contributed by atoms with Gasteiger partial charge in [0.15, 0.2) is 0 Å². The lowest BCUT2D eigenvalue weighted by molar-refractivity contribution is 0.0764. The molecule has 0 spiro atoms. The second-order valence-corrected chi connectivity index (χ2v) is 7.27. The van der Waals surface area contributed by atoms with Crippen LogP contribution < -0.4 is 5.32 Å². The van der Waals surface area contributed by atoms with Crippen LogP contribution in [-0.2, 0) is 0 Å². The van der Waals surface area contributed by atoms with Crippen molar-refractivity contribution in [1.82, 2.24) is 10.2 Å². The predicted octanol–water partition coefficient (Wildman–Crippen LogP) is 3.13. The fraction of sp³-hybridized carbons (Fsp3) is 1.00. The van der Waals surface area contributed by atoms with Gasteiger partial charge in [-0.25, -0.2) is 0 Å². The normalized spacial score (nSPS) is 32.2. The Balaban J connectivity index is 1.98. The molecule has 0 bridgehead atoms. The van der Waals surface area contributed by atoms with Crippen LogP contribution in [0.2, 0.25) is 0 Å². The summed E-state index contributed by atoms with van der Waals surface area (Å²) < 4.78 is 0. The molecule has 1 heterocycles. The lowest BCUT2D eigenvalue weighted by Crippen LogP contribution is -2.59. The van der Waals surface area contributed by atoms with Crippen molar-refractivity contribution in [2.45, 2.75) is 66.0 Å². The highest BCUT2D eigenvalue weighted by molar-refractivity contribution is 5.00. The second-order valence-electron chi connectivity index (χ2n) is 7.27. The first-order chi connectivity index (χ1) is 8.48. The van der Waals surface area contributed by atoms with E-state index in [1.54, 1.807) is 0 Å². The molecule has 2 nitrogen and oxygen atoms in total. The Kier molecular flexibility index (Phi) is 4.38. The van der Waals surface area contributed by atoms with Crippen LogP contribution in [0.3, 0.4) is 0 Å². The number of rotatable bonds is 5. The highest BCUT2D eigenvalue weighted by atomic mass is 15.2. The summed E-state index contributed by atoms with van der Waals surface area (Å²) >= 11 is 0. The van der Waals surface area contributed by atoms with Gasteiger partial charge in [0.1, 0.15) is 0 Å². The zero-order chi connectivity index (χ0) is 13.3. The molecule has 18 heavy (non-hydrogen) atoms. The molecule has 2 heteroatoms. The molecule has 1 aliphatic heterocycles. The van der Waals surface area contributed by atoms with Gasteiger partial charge in [-0.3, -0.25) is 4.90 Å². The average Bonchev–Trinajstić information content (AvgIpc) is 3.10. The van der Waals surface area contributed by atoms with E-state index in [0.29, 0.717) is 11.5 Å². The molecule has 2 unspecified atom stereocenters. The minimum atomic E-state index is 0.659. The molecule has 2 rings (SSSR count). The predicted molar refractivity (Wildman–Crippen MR) is 78.8 cm³/mol. The number of hydrogen-bond donors (Lipinski definition) is 1. The minimum Gasteiger partial charge on any atom is -0.311 e. The summed E-state index contributed by atoms with van der Waals surface area (Å²) in [6.45, 7) is 15.6. The van der Waals surface area contributed by atoms with Crippen LogP contribution in [0.5, 0.6) is 0 Å². The Hall–Kier alpha value is -0.0800. The summed E-state index contributed by atoms with van der Waals surface area (Å²) in [6.07, 6.45) is 4.20. The molecule has 0 aromatic heterocycles. The summed E-state index contributed by atoms with van der Waals surface area (Å²) in [5.74, 6) is 1.60. The van der Waals surface area contributed by atoms with Crippen LogP contribution in [0.15, 0.2) is 0 Å². The molecule has 0 amide bonds. The zero-order valence-electron chi connectivity index (χ0n) is 13.0. The first-order valence-corrected chi connectivity index (χ1v) is 7.96. The molecule has 2 atom stereocenters. The van der Waals surface area contributed by atoms with Crippen LogP contribution in [0.4, 0.5) is 0 Å². The van der Waals surface area contributed by atoms with Crippen molar-refractivity contribution in [1.29, 1.82) is 0 Å². The van der Waals surface area contributed by atoms with Gasteiger partial charge in [-0.1, -0.05) is 34.6 Å². The second kappa shape index (κ2) is 5.50. The van der Waals surface area contributed by atoms with Crippen LogP contribution in [-0.4, -0.2) is 36.6 Å².